The molecule has 0 saturated carbocycles. The van der Waals surface area contributed by atoms with Gasteiger partial charge in [0.1, 0.15) is 0 Å². The highest BCUT2D eigenvalue weighted by atomic mass is 33.1. The number of rotatable bonds is 2. The Balaban J connectivity index is 3.72. The molecule has 0 aromatic carbocycles. The zero-order chi connectivity index (χ0) is 7.44. The van der Waals surface area contributed by atoms with E-state index in [0.717, 1.165) is 10.8 Å². The second-order valence-electron chi connectivity index (χ2n) is 2.18. The summed E-state index contributed by atoms with van der Waals surface area (Å²) in [6.07, 6.45) is 0. The van der Waals surface area contributed by atoms with Gasteiger partial charge in [0.05, 0.1) is 6.04 Å². The molecule has 0 fully saturated rings. The lowest BCUT2D eigenvalue weighted by Crippen LogP contribution is -2.32. The Morgan fingerprint density at radius 1 is 1.67 bits per heavy atom. The van der Waals surface area contributed by atoms with Crippen molar-refractivity contribution >= 4 is 27.6 Å². The van der Waals surface area contributed by atoms with Gasteiger partial charge in [0.15, 0.2) is 0 Å². The average molecular weight is 165 g/mol. The molecule has 0 aromatic rings. The van der Waals surface area contributed by atoms with Crippen molar-refractivity contribution in [1.82, 2.24) is 0 Å². The summed E-state index contributed by atoms with van der Waals surface area (Å²) >= 11 is 3.74. The van der Waals surface area contributed by atoms with Gasteiger partial charge in [-0.3, -0.25) is 4.79 Å². The van der Waals surface area contributed by atoms with Crippen LogP contribution < -0.4 is 5.73 Å². The minimum atomic E-state index is -0.368. The number of hydrogen-bond acceptors (Lipinski definition) is 4. The van der Waals surface area contributed by atoms with Gasteiger partial charge in [-0.25, -0.2) is 0 Å². The molecule has 4 heteroatoms. The molecule has 0 amide bonds. The molecule has 1 unspecified atom stereocenters. The molecule has 0 radical (unpaired) electrons. The van der Waals surface area contributed by atoms with E-state index in [9.17, 15) is 4.79 Å². The van der Waals surface area contributed by atoms with Gasteiger partial charge in [0.2, 0.25) is 5.12 Å². The predicted octanol–water partition coefficient (Wildman–Crippen LogP) is 1.07. The van der Waals surface area contributed by atoms with E-state index in [0.29, 0.717) is 0 Å². The van der Waals surface area contributed by atoms with Crippen molar-refractivity contribution in [2.24, 2.45) is 11.7 Å². The molecule has 0 saturated heterocycles. The molecule has 9 heavy (non-hydrogen) atoms. The van der Waals surface area contributed by atoms with E-state index in [2.05, 4.69) is 11.7 Å². The van der Waals surface area contributed by atoms with Crippen molar-refractivity contribution in [2.45, 2.75) is 19.9 Å². The first-order chi connectivity index (χ1) is 4.09. The van der Waals surface area contributed by atoms with Crippen LogP contribution in [-0.4, -0.2) is 11.2 Å². The third-order valence-electron chi connectivity index (χ3n) is 1.08. The topological polar surface area (TPSA) is 43.1 Å². The quantitative estimate of drug-likeness (QED) is 0.475. The van der Waals surface area contributed by atoms with Crippen LogP contribution in [0.3, 0.4) is 0 Å². The molecule has 1 atom stereocenters. The third-order valence-corrected chi connectivity index (χ3v) is 2.07. The summed E-state index contributed by atoms with van der Waals surface area (Å²) in [6, 6.07) is -0.368. The van der Waals surface area contributed by atoms with Crippen LogP contribution >= 0.6 is 22.5 Å². The van der Waals surface area contributed by atoms with Gasteiger partial charge in [-0.15, -0.1) is 11.7 Å². The maximum absolute atomic E-state index is 10.7. The molecule has 54 valence electrons. The van der Waals surface area contributed by atoms with Crippen molar-refractivity contribution in [3.8, 4) is 0 Å². The second-order valence-corrected chi connectivity index (χ2v) is 3.31. The van der Waals surface area contributed by atoms with E-state index in [1.807, 2.05) is 13.8 Å². The minimum absolute atomic E-state index is 0.0617. The van der Waals surface area contributed by atoms with Gasteiger partial charge in [0.25, 0.3) is 0 Å². The zero-order valence-corrected chi connectivity index (χ0v) is 7.21. The zero-order valence-electron chi connectivity index (χ0n) is 5.50. The maximum Gasteiger partial charge on any atom is 0.216 e. The Morgan fingerprint density at radius 2 is 2.11 bits per heavy atom. The van der Waals surface area contributed by atoms with Crippen molar-refractivity contribution < 1.29 is 4.79 Å². The van der Waals surface area contributed by atoms with Crippen LogP contribution in [0.5, 0.6) is 0 Å². The fraction of sp³-hybridized carbons (Fsp3) is 0.800. The molecule has 0 aromatic heterocycles. The molecular formula is C5H11NOS2. The summed E-state index contributed by atoms with van der Waals surface area (Å²) in [5.74, 6) is 0.206. The third kappa shape index (κ3) is 3.13. The van der Waals surface area contributed by atoms with Crippen molar-refractivity contribution in [3.05, 3.63) is 0 Å². The highest BCUT2D eigenvalue weighted by molar-refractivity contribution is 8.74. The minimum Gasteiger partial charge on any atom is -0.321 e. The lowest BCUT2D eigenvalue weighted by molar-refractivity contribution is -0.112. The first kappa shape index (κ1) is 9.33. The summed E-state index contributed by atoms with van der Waals surface area (Å²) < 4.78 is 0. The summed E-state index contributed by atoms with van der Waals surface area (Å²) in [6.45, 7) is 3.82. The van der Waals surface area contributed by atoms with Crippen LogP contribution in [0.25, 0.3) is 0 Å². The number of nitrogens with two attached hydrogens (primary N) is 1. The van der Waals surface area contributed by atoms with E-state index in [4.69, 9.17) is 5.73 Å². The molecule has 0 bridgehead atoms. The lowest BCUT2D eigenvalue weighted by atomic mass is 10.1. The SMILES string of the molecule is CC(C)C(N)C(=O)SS. The van der Waals surface area contributed by atoms with Crippen LogP contribution in [0.2, 0.25) is 0 Å². The molecule has 2 N–H and O–H groups in total. The van der Waals surface area contributed by atoms with E-state index >= 15 is 0 Å². The first-order valence-corrected chi connectivity index (χ1v) is 4.57. The second kappa shape index (κ2) is 4.19. The Hall–Kier alpha value is 0.330. The summed E-state index contributed by atoms with van der Waals surface area (Å²) in [5.41, 5.74) is 5.45. The molecule has 0 aliphatic heterocycles. The summed E-state index contributed by atoms with van der Waals surface area (Å²) in [7, 11) is 0.892. The van der Waals surface area contributed by atoms with Crippen molar-refractivity contribution in [2.75, 3.05) is 0 Å². The van der Waals surface area contributed by atoms with Gasteiger partial charge < -0.3 is 5.73 Å². The Kier molecular flexibility index (Phi) is 4.35. The van der Waals surface area contributed by atoms with E-state index in [1.54, 1.807) is 0 Å². The fourth-order valence-corrected chi connectivity index (χ4v) is 1.09. The number of hydrogen-bond donors (Lipinski definition) is 2. The largest absolute Gasteiger partial charge is 0.321 e. The number of carbonyl (C=O) groups excluding carboxylic acids is 1. The van der Waals surface area contributed by atoms with Gasteiger partial charge in [0, 0.05) is 0 Å². The normalized spacial score (nSPS) is 13.9. The monoisotopic (exact) mass is 165 g/mol. The van der Waals surface area contributed by atoms with Crippen LogP contribution in [0, 0.1) is 5.92 Å². The Bertz CT molecular complexity index is 105. The molecule has 0 spiro atoms. The van der Waals surface area contributed by atoms with Crippen LogP contribution in [0.4, 0.5) is 0 Å². The highest BCUT2D eigenvalue weighted by Crippen LogP contribution is 2.12. The van der Waals surface area contributed by atoms with Gasteiger partial charge in [-0.1, -0.05) is 13.8 Å². The summed E-state index contributed by atoms with van der Waals surface area (Å²) in [4.78, 5) is 10.7. The van der Waals surface area contributed by atoms with Crippen molar-refractivity contribution in [3.63, 3.8) is 0 Å². The van der Waals surface area contributed by atoms with E-state index in [-0.39, 0.29) is 17.1 Å². The lowest BCUT2D eigenvalue weighted by Gasteiger charge is -2.10. The van der Waals surface area contributed by atoms with E-state index < -0.39 is 0 Å². The molecule has 0 aliphatic rings. The molecular weight excluding hydrogens is 154 g/mol. The van der Waals surface area contributed by atoms with Crippen LogP contribution in [0.1, 0.15) is 13.8 Å². The summed E-state index contributed by atoms with van der Waals surface area (Å²) in [5, 5.41) is -0.0617. The smallest absolute Gasteiger partial charge is 0.216 e. The molecule has 2 nitrogen and oxygen atoms in total. The molecule has 0 rings (SSSR count). The van der Waals surface area contributed by atoms with Crippen LogP contribution in [0.15, 0.2) is 0 Å². The molecule has 0 aliphatic carbocycles. The van der Waals surface area contributed by atoms with Crippen molar-refractivity contribution in [1.29, 1.82) is 0 Å². The van der Waals surface area contributed by atoms with Gasteiger partial charge >= 0.3 is 0 Å². The Labute approximate surface area is 64.4 Å². The average Bonchev–Trinajstić information content (AvgIpc) is 1.84. The van der Waals surface area contributed by atoms with Gasteiger partial charge in [-0.05, 0) is 16.7 Å². The van der Waals surface area contributed by atoms with Gasteiger partial charge in [-0.2, -0.15) is 0 Å². The van der Waals surface area contributed by atoms with E-state index in [1.165, 1.54) is 0 Å². The molecule has 0 heterocycles. The number of thiol groups is 1. The fourth-order valence-electron chi connectivity index (χ4n) is 0.333. The Morgan fingerprint density at radius 3 is 2.22 bits per heavy atom. The van der Waals surface area contributed by atoms with Crippen LogP contribution in [-0.2, 0) is 4.79 Å². The first-order valence-electron chi connectivity index (χ1n) is 2.70. The highest BCUT2D eigenvalue weighted by Gasteiger charge is 2.15. The standard InChI is InChI=1S/C5H11NOS2/c1-3(2)4(6)5(7)9-8/h3-4,8H,6H2,1-2H3. The number of carbonyl (C=O) groups is 1. The maximum atomic E-state index is 10.7. The predicted molar refractivity (Wildman–Crippen MR) is 44.4 cm³/mol.